The van der Waals surface area contributed by atoms with Crippen molar-refractivity contribution in [2.75, 3.05) is 5.32 Å². The number of benzene rings is 2. The van der Waals surface area contributed by atoms with Crippen LogP contribution in [0.4, 0.5) is 5.69 Å². The van der Waals surface area contributed by atoms with E-state index in [1.54, 1.807) is 42.5 Å². The Kier molecular flexibility index (Phi) is 4.23. The Hall–Kier alpha value is -2.50. The summed E-state index contributed by atoms with van der Waals surface area (Å²) in [6, 6.07) is 13.2. The lowest BCUT2D eigenvalue weighted by atomic mass is 10.1. The molecule has 0 unspecified atom stereocenters. The summed E-state index contributed by atoms with van der Waals surface area (Å²) in [5.74, 6) is -0.308. The number of halogens is 2. The number of aromatic amines is 2. The Labute approximate surface area is 141 Å². The fourth-order valence-corrected chi connectivity index (χ4v) is 2.64. The molecular formula is C16H11Cl2N3O2. The van der Waals surface area contributed by atoms with E-state index in [1.165, 1.54) is 6.07 Å². The standard InChI is InChI=1S/C16H11Cl2N3O2/c17-11-5-10(6-12(18)7-11)16(23)19-13-3-1-9(2-4-13)14-8-15(22)21-20-14/h1-8H,(H,19,23)(H2,20,21,22). The number of hydrogen-bond donors (Lipinski definition) is 3. The zero-order chi connectivity index (χ0) is 16.4. The van der Waals surface area contributed by atoms with Gasteiger partial charge in [-0.1, -0.05) is 35.3 Å². The fourth-order valence-electron chi connectivity index (χ4n) is 2.11. The van der Waals surface area contributed by atoms with E-state index < -0.39 is 0 Å². The summed E-state index contributed by atoms with van der Waals surface area (Å²) in [7, 11) is 0. The van der Waals surface area contributed by atoms with Gasteiger partial charge in [-0.3, -0.25) is 19.8 Å². The number of nitrogens with one attached hydrogen (secondary N) is 3. The van der Waals surface area contributed by atoms with Gasteiger partial charge in [-0.15, -0.1) is 0 Å². The van der Waals surface area contributed by atoms with Crippen molar-refractivity contribution >= 4 is 34.8 Å². The van der Waals surface area contributed by atoms with E-state index in [1.807, 2.05) is 0 Å². The van der Waals surface area contributed by atoms with Crippen LogP contribution in [0.3, 0.4) is 0 Å². The Bertz CT molecular complexity index is 893. The van der Waals surface area contributed by atoms with Crippen LogP contribution in [0.5, 0.6) is 0 Å². The highest BCUT2D eigenvalue weighted by Crippen LogP contribution is 2.21. The van der Waals surface area contributed by atoms with Gasteiger partial charge >= 0.3 is 0 Å². The Morgan fingerprint density at radius 1 is 0.913 bits per heavy atom. The summed E-state index contributed by atoms with van der Waals surface area (Å²) >= 11 is 11.8. The molecule has 0 aliphatic carbocycles. The third kappa shape index (κ3) is 3.64. The van der Waals surface area contributed by atoms with Gasteiger partial charge in [0.1, 0.15) is 0 Å². The highest BCUT2D eigenvalue weighted by Gasteiger charge is 2.09. The van der Waals surface area contributed by atoms with Crippen LogP contribution < -0.4 is 10.9 Å². The molecule has 0 aliphatic rings. The Morgan fingerprint density at radius 3 is 2.13 bits per heavy atom. The molecule has 0 fully saturated rings. The molecule has 1 heterocycles. The number of carbonyl (C=O) groups is 1. The lowest BCUT2D eigenvalue weighted by Gasteiger charge is -2.07. The maximum atomic E-state index is 12.2. The third-order valence-corrected chi connectivity index (χ3v) is 3.61. The van der Waals surface area contributed by atoms with Crippen LogP contribution in [0, 0.1) is 0 Å². The van der Waals surface area contributed by atoms with Crippen molar-refractivity contribution in [2.45, 2.75) is 0 Å². The van der Waals surface area contributed by atoms with Gasteiger partial charge in [0.15, 0.2) is 0 Å². The SMILES string of the molecule is O=C(Nc1ccc(-c2cc(=O)[nH][nH]2)cc1)c1cc(Cl)cc(Cl)c1. The van der Waals surface area contributed by atoms with Crippen LogP contribution in [0.2, 0.25) is 10.0 Å². The zero-order valence-electron chi connectivity index (χ0n) is 11.7. The molecule has 2 aromatic carbocycles. The van der Waals surface area contributed by atoms with Crippen molar-refractivity contribution in [3.63, 3.8) is 0 Å². The molecule has 3 aromatic rings. The van der Waals surface area contributed by atoms with Gasteiger partial charge in [-0.25, -0.2) is 0 Å². The van der Waals surface area contributed by atoms with Crippen LogP contribution in [-0.4, -0.2) is 16.1 Å². The van der Waals surface area contributed by atoms with Crippen LogP contribution in [0.15, 0.2) is 53.3 Å². The molecule has 1 aromatic heterocycles. The van der Waals surface area contributed by atoms with Crippen molar-refractivity contribution in [1.29, 1.82) is 0 Å². The van der Waals surface area contributed by atoms with Gasteiger partial charge in [0, 0.05) is 27.4 Å². The largest absolute Gasteiger partial charge is 0.322 e. The molecule has 116 valence electrons. The molecule has 0 atom stereocenters. The minimum Gasteiger partial charge on any atom is -0.322 e. The van der Waals surface area contributed by atoms with Crippen LogP contribution in [-0.2, 0) is 0 Å². The Morgan fingerprint density at radius 2 is 1.57 bits per heavy atom. The minimum absolute atomic E-state index is 0.199. The first-order valence-electron chi connectivity index (χ1n) is 6.67. The average Bonchev–Trinajstić information content (AvgIpc) is 2.93. The summed E-state index contributed by atoms with van der Waals surface area (Å²) in [5, 5.41) is 8.79. The molecule has 3 N–H and O–H groups in total. The monoisotopic (exact) mass is 347 g/mol. The molecule has 0 saturated heterocycles. The molecule has 0 radical (unpaired) electrons. The summed E-state index contributed by atoms with van der Waals surface area (Å²) in [4.78, 5) is 23.3. The first-order valence-corrected chi connectivity index (χ1v) is 7.42. The first kappa shape index (κ1) is 15.4. The number of aromatic nitrogens is 2. The minimum atomic E-state index is -0.308. The molecule has 7 heteroatoms. The molecule has 3 rings (SSSR count). The van der Waals surface area contributed by atoms with Gasteiger partial charge in [0.25, 0.3) is 11.5 Å². The van der Waals surface area contributed by atoms with Crippen molar-refractivity contribution in [3.05, 3.63) is 74.5 Å². The van der Waals surface area contributed by atoms with E-state index in [9.17, 15) is 9.59 Å². The molecule has 0 bridgehead atoms. The second kappa shape index (κ2) is 6.32. The number of anilines is 1. The van der Waals surface area contributed by atoms with Gasteiger partial charge in [-0.05, 0) is 35.9 Å². The summed E-state index contributed by atoms with van der Waals surface area (Å²) < 4.78 is 0. The van der Waals surface area contributed by atoms with Gasteiger partial charge < -0.3 is 5.32 Å². The van der Waals surface area contributed by atoms with E-state index in [0.29, 0.717) is 27.0 Å². The topological polar surface area (TPSA) is 77.8 Å². The summed E-state index contributed by atoms with van der Waals surface area (Å²) in [6.07, 6.45) is 0. The smallest absolute Gasteiger partial charge is 0.264 e. The number of amides is 1. The van der Waals surface area contributed by atoms with Crippen molar-refractivity contribution in [3.8, 4) is 11.3 Å². The van der Waals surface area contributed by atoms with Gasteiger partial charge in [0.2, 0.25) is 0 Å². The lowest BCUT2D eigenvalue weighted by Crippen LogP contribution is -2.11. The number of rotatable bonds is 3. The molecule has 0 spiro atoms. The number of carbonyl (C=O) groups excluding carboxylic acids is 1. The van der Waals surface area contributed by atoms with E-state index in [-0.39, 0.29) is 11.5 Å². The normalized spacial score (nSPS) is 10.5. The second-order valence-electron chi connectivity index (χ2n) is 4.86. The van der Waals surface area contributed by atoms with E-state index in [4.69, 9.17) is 23.2 Å². The highest BCUT2D eigenvalue weighted by atomic mass is 35.5. The molecule has 1 amide bonds. The number of hydrogen-bond acceptors (Lipinski definition) is 2. The van der Waals surface area contributed by atoms with E-state index in [0.717, 1.165) is 5.56 Å². The van der Waals surface area contributed by atoms with Crippen molar-refractivity contribution in [1.82, 2.24) is 10.2 Å². The maximum absolute atomic E-state index is 12.2. The predicted molar refractivity (Wildman–Crippen MR) is 91.3 cm³/mol. The predicted octanol–water partition coefficient (Wildman–Crippen LogP) is 3.93. The third-order valence-electron chi connectivity index (χ3n) is 3.17. The lowest BCUT2D eigenvalue weighted by molar-refractivity contribution is 0.102. The van der Waals surface area contributed by atoms with Crippen molar-refractivity contribution < 1.29 is 4.79 Å². The van der Waals surface area contributed by atoms with Crippen molar-refractivity contribution in [2.24, 2.45) is 0 Å². The van der Waals surface area contributed by atoms with E-state index in [2.05, 4.69) is 15.5 Å². The van der Waals surface area contributed by atoms with Gasteiger partial charge in [0.05, 0.1) is 5.69 Å². The molecule has 0 aliphatic heterocycles. The second-order valence-corrected chi connectivity index (χ2v) is 5.73. The molecular weight excluding hydrogens is 337 g/mol. The average molecular weight is 348 g/mol. The fraction of sp³-hybridized carbons (Fsp3) is 0. The summed E-state index contributed by atoms with van der Waals surface area (Å²) in [5.41, 5.74) is 2.30. The zero-order valence-corrected chi connectivity index (χ0v) is 13.2. The molecule has 23 heavy (non-hydrogen) atoms. The van der Waals surface area contributed by atoms with Crippen LogP contribution in [0.25, 0.3) is 11.3 Å². The maximum Gasteiger partial charge on any atom is 0.264 e. The quantitative estimate of drug-likeness (QED) is 0.671. The number of H-pyrrole nitrogens is 2. The summed E-state index contributed by atoms with van der Waals surface area (Å²) in [6.45, 7) is 0. The van der Waals surface area contributed by atoms with Crippen LogP contribution >= 0.6 is 23.2 Å². The first-order chi connectivity index (χ1) is 11.0. The van der Waals surface area contributed by atoms with E-state index >= 15 is 0 Å². The Balaban J connectivity index is 1.77. The molecule has 0 saturated carbocycles. The highest BCUT2D eigenvalue weighted by molar-refractivity contribution is 6.35. The van der Waals surface area contributed by atoms with Gasteiger partial charge in [-0.2, -0.15) is 0 Å². The van der Waals surface area contributed by atoms with Crippen LogP contribution in [0.1, 0.15) is 10.4 Å². The molecule has 5 nitrogen and oxygen atoms in total.